The Bertz CT molecular complexity index is 936. The van der Waals surface area contributed by atoms with Gasteiger partial charge in [-0.05, 0) is 19.1 Å². The third-order valence-electron chi connectivity index (χ3n) is 3.66. The molecule has 4 nitrogen and oxygen atoms in total. The van der Waals surface area contributed by atoms with Crippen LogP contribution in [0.3, 0.4) is 0 Å². The molecule has 1 N–H and O–H groups in total. The van der Waals surface area contributed by atoms with Gasteiger partial charge >= 0.3 is 0 Å². The summed E-state index contributed by atoms with van der Waals surface area (Å²) in [6.07, 6.45) is 1.67. The van der Waals surface area contributed by atoms with E-state index in [2.05, 4.69) is 35.4 Å². The Morgan fingerprint density at radius 3 is 2.76 bits per heavy atom. The number of ether oxygens (including phenoxy) is 1. The summed E-state index contributed by atoms with van der Waals surface area (Å²) in [7, 11) is 1.62. The molecule has 0 unspecified atom stereocenters. The number of nitriles is 1. The van der Waals surface area contributed by atoms with Crippen molar-refractivity contribution in [3.8, 4) is 23.1 Å². The van der Waals surface area contributed by atoms with Crippen LogP contribution in [0.15, 0.2) is 60.1 Å². The van der Waals surface area contributed by atoms with E-state index >= 15 is 0 Å². The molecule has 0 fully saturated rings. The fourth-order valence-electron chi connectivity index (χ4n) is 2.26. The van der Waals surface area contributed by atoms with E-state index in [1.165, 1.54) is 16.9 Å². The predicted molar refractivity (Wildman–Crippen MR) is 102 cm³/mol. The number of nitrogens with zero attached hydrogens (tertiary/aromatic N) is 2. The van der Waals surface area contributed by atoms with Gasteiger partial charge in [0.05, 0.1) is 12.8 Å². The summed E-state index contributed by atoms with van der Waals surface area (Å²) >= 11 is 1.46. The van der Waals surface area contributed by atoms with Crippen LogP contribution < -0.4 is 10.1 Å². The fourth-order valence-corrected chi connectivity index (χ4v) is 3.06. The predicted octanol–water partition coefficient (Wildman–Crippen LogP) is 5.10. The van der Waals surface area contributed by atoms with E-state index < -0.39 is 0 Å². The summed E-state index contributed by atoms with van der Waals surface area (Å²) in [6, 6.07) is 17.9. The van der Waals surface area contributed by atoms with E-state index in [1.54, 1.807) is 13.3 Å². The number of rotatable bonds is 5. The van der Waals surface area contributed by atoms with Crippen molar-refractivity contribution < 1.29 is 4.74 Å². The van der Waals surface area contributed by atoms with E-state index in [9.17, 15) is 5.26 Å². The topological polar surface area (TPSA) is 57.9 Å². The summed E-state index contributed by atoms with van der Waals surface area (Å²) in [6.45, 7) is 2.05. The molecule has 0 spiro atoms. The van der Waals surface area contributed by atoms with Crippen LogP contribution in [0.4, 0.5) is 5.69 Å². The lowest BCUT2D eigenvalue weighted by atomic mass is 10.1. The first-order chi connectivity index (χ1) is 12.2. The standard InChI is InChI=1S/C20H17N3OS/c1-14-6-8-15(9-7-14)19-13-25-20(23-19)16(11-21)12-22-17-4-3-5-18(10-17)24-2/h3-10,12-13,22H,1-2H3. The first kappa shape index (κ1) is 16.7. The van der Waals surface area contributed by atoms with Gasteiger partial charge in [0, 0.05) is 28.9 Å². The van der Waals surface area contributed by atoms with Crippen LogP contribution in [-0.2, 0) is 0 Å². The Labute approximate surface area is 151 Å². The minimum atomic E-state index is 0.492. The summed E-state index contributed by atoms with van der Waals surface area (Å²) in [5, 5.41) is 15.2. The first-order valence-electron chi connectivity index (χ1n) is 7.73. The van der Waals surface area contributed by atoms with E-state index in [1.807, 2.05) is 41.8 Å². The molecule has 0 aliphatic heterocycles. The molecule has 3 aromatic rings. The Morgan fingerprint density at radius 2 is 2.04 bits per heavy atom. The number of aromatic nitrogens is 1. The number of hydrogen-bond donors (Lipinski definition) is 1. The van der Waals surface area contributed by atoms with Crippen molar-refractivity contribution in [3.05, 3.63) is 70.7 Å². The maximum atomic E-state index is 9.46. The molecule has 0 amide bonds. The quantitative estimate of drug-likeness (QED) is 0.652. The van der Waals surface area contributed by atoms with Gasteiger partial charge in [-0.25, -0.2) is 4.98 Å². The molecule has 0 atom stereocenters. The number of nitrogens with one attached hydrogen (secondary N) is 1. The molecule has 1 heterocycles. The second-order valence-corrected chi connectivity index (χ2v) is 6.31. The highest BCUT2D eigenvalue weighted by molar-refractivity contribution is 7.11. The van der Waals surface area contributed by atoms with Crippen molar-refractivity contribution in [2.45, 2.75) is 6.92 Å². The van der Waals surface area contributed by atoms with Crippen LogP contribution in [0.5, 0.6) is 5.75 Å². The average Bonchev–Trinajstić information content (AvgIpc) is 3.13. The number of thiazole rings is 1. The van der Waals surface area contributed by atoms with Crippen molar-refractivity contribution in [2.75, 3.05) is 12.4 Å². The molecular weight excluding hydrogens is 330 g/mol. The van der Waals surface area contributed by atoms with Crippen LogP contribution in [0, 0.1) is 18.3 Å². The highest BCUT2D eigenvalue weighted by Gasteiger charge is 2.09. The molecule has 1 aromatic heterocycles. The summed E-state index contributed by atoms with van der Waals surface area (Å²) in [5.74, 6) is 0.757. The smallest absolute Gasteiger partial charge is 0.136 e. The molecule has 0 aliphatic rings. The third kappa shape index (κ3) is 4.06. The third-order valence-corrected chi connectivity index (χ3v) is 4.53. The minimum Gasteiger partial charge on any atom is -0.497 e. The average molecular weight is 347 g/mol. The summed E-state index contributed by atoms with van der Waals surface area (Å²) in [4.78, 5) is 4.59. The van der Waals surface area contributed by atoms with Crippen molar-refractivity contribution in [1.82, 2.24) is 4.98 Å². The second kappa shape index (κ2) is 7.65. The van der Waals surface area contributed by atoms with Crippen LogP contribution in [0.25, 0.3) is 16.8 Å². The maximum Gasteiger partial charge on any atom is 0.136 e. The molecular formula is C20H17N3OS. The van der Waals surface area contributed by atoms with Gasteiger partial charge in [-0.15, -0.1) is 11.3 Å². The Balaban J connectivity index is 1.81. The van der Waals surface area contributed by atoms with Gasteiger partial charge in [-0.1, -0.05) is 35.9 Å². The number of methoxy groups -OCH3 is 1. The van der Waals surface area contributed by atoms with Gasteiger partial charge in [0.25, 0.3) is 0 Å². The van der Waals surface area contributed by atoms with E-state index in [-0.39, 0.29) is 0 Å². The number of allylic oxidation sites excluding steroid dienone is 1. The van der Waals surface area contributed by atoms with Crippen molar-refractivity contribution in [2.24, 2.45) is 0 Å². The van der Waals surface area contributed by atoms with Crippen molar-refractivity contribution in [1.29, 1.82) is 5.26 Å². The molecule has 3 rings (SSSR count). The lowest BCUT2D eigenvalue weighted by molar-refractivity contribution is 0.415. The fraction of sp³-hybridized carbons (Fsp3) is 0.100. The van der Waals surface area contributed by atoms with Gasteiger partial charge in [-0.3, -0.25) is 0 Å². The van der Waals surface area contributed by atoms with E-state index in [0.717, 1.165) is 22.7 Å². The molecule has 0 aliphatic carbocycles. The number of benzene rings is 2. The largest absolute Gasteiger partial charge is 0.497 e. The number of aryl methyl sites for hydroxylation is 1. The molecule has 0 bridgehead atoms. The van der Waals surface area contributed by atoms with Gasteiger partial charge in [0.1, 0.15) is 22.4 Å². The molecule has 124 valence electrons. The number of hydrogen-bond acceptors (Lipinski definition) is 5. The highest BCUT2D eigenvalue weighted by Crippen LogP contribution is 2.26. The zero-order valence-electron chi connectivity index (χ0n) is 14.0. The first-order valence-corrected chi connectivity index (χ1v) is 8.61. The van der Waals surface area contributed by atoms with E-state index in [4.69, 9.17) is 4.74 Å². The Kier molecular flexibility index (Phi) is 5.12. The zero-order chi connectivity index (χ0) is 17.6. The van der Waals surface area contributed by atoms with Gasteiger partial charge in [-0.2, -0.15) is 5.26 Å². The molecule has 5 heteroatoms. The van der Waals surface area contributed by atoms with Crippen molar-refractivity contribution >= 4 is 22.6 Å². The molecule has 0 saturated carbocycles. The van der Waals surface area contributed by atoms with Crippen molar-refractivity contribution in [3.63, 3.8) is 0 Å². The second-order valence-electron chi connectivity index (χ2n) is 5.45. The van der Waals surface area contributed by atoms with Crippen LogP contribution >= 0.6 is 11.3 Å². The minimum absolute atomic E-state index is 0.492. The molecule has 0 radical (unpaired) electrons. The van der Waals surface area contributed by atoms with Gasteiger partial charge in [0.15, 0.2) is 0 Å². The zero-order valence-corrected chi connectivity index (χ0v) is 14.8. The van der Waals surface area contributed by atoms with Crippen LogP contribution in [-0.4, -0.2) is 12.1 Å². The molecule has 0 saturated heterocycles. The Morgan fingerprint density at radius 1 is 1.24 bits per heavy atom. The SMILES string of the molecule is COc1cccc(NC=C(C#N)c2nc(-c3ccc(C)cc3)cs2)c1. The van der Waals surface area contributed by atoms with Gasteiger partial charge < -0.3 is 10.1 Å². The lowest BCUT2D eigenvalue weighted by Crippen LogP contribution is -1.92. The maximum absolute atomic E-state index is 9.46. The van der Waals surface area contributed by atoms with Crippen LogP contribution in [0.1, 0.15) is 10.6 Å². The van der Waals surface area contributed by atoms with Crippen LogP contribution in [0.2, 0.25) is 0 Å². The van der Waals surface area contributed by atoms with E-state index in [0.29, 0.717) is 10.6 Å². The normalized spacial score (nSPS) is 11.0. The molecule has 2 aromatic carbocycles. The molecule has 25 heavy (non-hydrogen) atoms. The Hall–Kier alpha value is -3.10. The lowest BCUT2D eigenvalue weighted by Gasteiger charge is -2.04. The highest BCUT2D eigenvalue weighted by atomic mass is 32.1. The summed E-state index contributed by atoms with van der Waals surface area (Å²) < 4.78 is 5.20. The van der Waals surface area contributed by atoms with Gasteiger partial charge in [0.2, 0.25) is 0 Å². The number of anilines is 1. The summed E-state index contributed by atoms with van der Waals surface area (Å²) in [5.41, 5.74) is 4.47. The monoisotopic (exact) mass is 347 g/mol.